The number of amides is 2. The van der Waals surface area contributed by atoms with Crippen molar-refractivity contribution in [2.75, 3.05) is 25.6 Å². The van der Waals surface area contributed by atoms with Crippen molar-refractivity contribution < 1.29 is 9.53 Å². The fraction of sp³-hybridized carbons (Fsp3) is 0.375. The number of aryl methyl sites for hydroxylation is 1. The second kappa shape index (κ2) is 8.12. The first-order valence-corrected chi connectivity index (χ1v) is 8.13. The molecule has 2 amide bonds. The molecule has 124 valence electrons. The Hall–Kier alpha value is -1.86. The van der Waals surface area contributed by atoms with Crippen LogP contribution in [0.25, 0.3) is 0 Å². The highest BCUT2D eigenvalue weighted by Crippen LogP contribution is 2.21. The van der Waals surface area contributed by atoms with E-state index >= 15 is 0 Å². The van der Waals surface area contributed by atoms with Gasteiger partial charge in [-0.3, -0.25) is 10.00 Å². The molecule has 7 heteroatoms. The Bertz CT molecular complexity index is 625. The van der Waals surface area contributed by atoms with E-state index in [9.17, 15) is 4.79 Å². The minimum absolute atomic E-state index is 0.0708. The van der Waals surface area contributed by atoms with Gasteiger partial charge in [0.15, 0.2) is 5.82 Å². The Morgan fingerprint density at radius 1 is 1.43 bits per heavy atom. The number of halogens is 1. The lowest BCUT2D eigenvalue weighted by Gasteiger charge is -2.29. The van der Waals surface area contributed by atoms with Crippen LogP contribution in [0.5, 0.6) is 0 Å². The third-order valence-corrected chi connectivity index (χ3v) is 4.35. The quantitative estimate of drug-likeness (QED) is 0.834. The van der Waals surface area contributed by atoms with Crippen molar-refractivity contribution in [3.63, 3.8) is 0 Å². The fourth-order valence-electron chi connectivity index (χ4n) is 2.26. The molecule has 1 N–H and O–H groups in total. The Balaban J connectivity index is 2.14. The summed E-state index contributed by atoms with van der Waals surface area (Å²) in [6.45, 7) is 2.96. The average molecular weight is 381 g/mol. The van der Waals surface area contributed by atoms with Crippen LogP contribution in [-0.2, 0) is 11.8 Å². The monoisotopic (exact) mass is 380 g/mol. The summed E-state index contributed by atoms with van der Waals surface area (Å²) in [6.07, 6.45) is 0. The summed E-state index contributed by atoms with van der Waals surface area (Å²) in [7, 11) is 3.42. The molecule has 1 aromatic carbocycles. The maximum Gasteiger partial charge on any atom is 0.323 e. The van der Waals surface area contributed by atoms with E-state index in [4.69, 9.17) is 4.74 Å². The number of hydrogen-bond donors (Lipinski definition) is 1. The zero-order valence-electron chi connectivity index (χ0n) is 13.5. The van der Waals surface area contributed by atoms with E-state index in [1.165, 1.54) is 0 Å². The zero-order valence-corrected chi connectivity index (χ0v) is 15.1. The third kappa shape index (κ3) is 4.56. The predicted molar refractivity (Wildman–Crippen MR) is 93.4 cm³/mol. The van der Waals surface area contributed by atoms with Crippen LogP contribution in [0, 0.1) is 0 Å². The van der Waals surface area contributed by atoms with E-state index in [1.807, 2.05) is 37.3 Å². The lowest BCUT2D eigenvalue weighted by molar-refractivity contribution is 0.139. The molecular weight excluding hydrogens is 360 g/mol. The maximum absolute atomic E-state index is 12.6. The summed E-state index contributed by atoms with van der Waals surface area (Å²) in [4.78, 5) is 14.4. The normalized spacial score (nSPS) is 12.0. The van der Waals surface area contributed by atoms with Crippen LogP contribution in [0.15, 0.2) is 41.0 Å². The van der Waals surface area contributed by atoms with Crippen molar-refractivity contribution in [3.8, 4) is 0 Å². The Kier molecular flexibility index (Phi) is 6.18. The van der Waals surface area contributed by atoms with Crippen LogP contribution in [0.4, 0.5) is 10.6 Å². The molecule has 0 aliphatic carbocycles. The van der Waals surface area contributed by atoms with Gasteiger partial charge in [-0.15, -0.1) is 0 Å². The van der Waals surface area contributed by atoms with E-state index in [-0.39, 0.29) is 12.1 Å². The van der Waals surface area contributed by atoms with Crippen LogP contribution in [0.2, 0.25) is 0 Å². The molecule has 0 saturated carbocycles. The van der Waals surface area contributed by atoms with Crippen molar-refractivity contribution in [1.29, 1.82) is 0 Å². The molecule has 0 spiro atoms. The molecule has 0 bridgehead atoms. The molecule has 0 saturated heterocycles. The highest BCUT2D eigenvalue weighted by atomic mass is 79.9. The summed E-state index contributed by atoms with van der Waals surface area (Å²) in [6, 6.07) is 11.4. The van der Waals surface area contributed by atoms with Gasteiger partial charge >= 0.3 is 6.03 Å². The van der Waals surface area contributed by atoms with Crippen molar-refractivity contribution in [2.24, 2.45) is 7.05 Å². The summed E-state index contributed by atoms with van der Waals surface area (Å²) >= 11 is 3.37. The van der Waals surface area contributed by atoms with Gasteiger partial charge in [-0.05, 0) is 28.4 Å². The number of carbonyl (C=O) groups excluding carboxylic acids is 1. The summed E-state index contributed by atoms with van der Waals surface area (Å²) in [5.41, 5.74) is 1.07. The Labute approximate surface area is 144 Å². The zero-order chi connectivity index (χ0) is 16.8. The maximum atomic E-state index is 12.6. The third-order valence-electron chi connectivity index (χ3n) is 3.60. The number of hydrogen-bond acceptors (Lipinski definition) is 3. The van der Waals surface area contributed by atoms with Crippen molar-refractivity contribution in [3.05, 3.63) is 46.6 Å². The summed E-state index contributed by atoms with van der Waals surface area (Å²) in [5.74, 6) is 0.507. The number of ether oxygens (including phenoxy) is 1. The number of aromatic nitrogens is 2. The number of anilines is 1. The number of benzene rings is 1. The van der Waals surface area contributed by atoms with Crippen LogP contribution >= 0.6 is 15.9 Å². The van der Waals surface area contributed by atoms with E-state index in [1.54, 1.807) is 29.8 Å². The molecule has 2 rings (SSSR count). The average Bonchev–Trinajstić information content (AvgIpc) is 2.86. The molecule has 0 aliphatic heterocycles. The molecular formula is C16H21BrN4O2. The van der Waals surface area contributed by atoms with Gasteiger partial charge in [-0.2, -0.15) is 5.10 Å². The first-order valence-electron chi connectivity index (χ1n) is 7.34. The minimum Gasteiger partial charge on any atom is -0.383 e. The largest absolute Gasteiger partial charge is 0.383 e. The van der Waals surface area contributed by atoms with Gasteiger partial charge in [-0.1, -0.05) is 30.3 Å². The Morgan fingerprint density at radius 2 is 2.13 bits per heavy atom. The first-order chi connectivity index (χ1) is 11.0. The van der Waals surface area contributed by atoms with Crippen LogP contribution in [-0.4, -0.2) is 41.0 Å². The molecule has 23 heavy (non-hydrogen) atoms. The summed E-state index contributed by atoms with van der Waals surface area (Å²) in [5, 5.41) is 7.06. The standard InChI is InChI=1S/C16H21BrN4O2/c1-12(13-7-5-4-6-8-13)21(9-10-23-3)16(22)18-15-11-14(17)20(2)19-15/h4-8,11-12H,9-10H2,1-3H3,(H,18,19,22). The molecule has 1 heterocycles. The number of nitrogens with one attached hydrogen (secondary N) is 1. The predicted octanol–water partition coefficient (Wildman–Crippen LogP) is 3.42. The van der Waals surface area contributed by atoms with Crippen LogP contribution in [0.3, 0.4) is 0 Å². The molecule has 0 fully saturated rings. The molecule has 0 radical (unpaired) electrons. The van der Waals surface area contributed by atoms with Gasteiger partial charge in [0.2, 0.25) is 0 Å². The van der Waals surface area contributed by atoms with Crippen LogP contribution < -0.4 is 5.32 Å². The number of urea groups is 1. The van der Waals surface area contributed by atoms with Gasteiger partial charge in [0.1, 0.15) is 4.60 Å². The Morgan fingerprint density at radius 3 is 2.70 bits per heavy atom. The van der Waals surface area contributed by atoms with Crippen LogP contribution in [0.1, 0.15) is 18.5 Å². The highest BCUT2D eigenvalue weighted by molar-refractivity contribution is 9.10. The molecule has 0 aliphatic rings. The fourth-order valence-corrected chi connectivity index (χ4v) is 2.56. The van der Waals surface area contributed by atoms with E-state index in [0.717, 1.165) is 10.2 Å². The number of rotatable bonds is 6. The second-order valence-electron chi connectivity index (χ2n) is 5.18. The number of methoxy groups -OCH3 is 1. The van der Waals surface area contributed by atoms with Gasteiger partial charge in [0.05, 0.1) is 12.6 Å². The molecule has 6 nitrogen and oxygen atoms in total. The SMILES string of the molecule is COCCN(C(=O)Nc1cc(Br)n(C)n1)C(C)c1ccccc1. The molecule has 1 atom stereocenters. The van der Waals surface area contributed by atoms with Gasteiger partial charge in [0.25, 0.3) is 0 Å². The van der Waals surface area contributed by atoms with Gasteiger partial charge in [0, 0.05) is 26.8 Å². The number of carbonyl (C=O) groups is 1. The highest BCUT2D eigenvalue weighted by Gasteiger charge is 2.22. The van der Waals surface area contributed by atoms with Gasteiger partial charge < -0.3 is 9.64 Å². The number of nitrogens with zero attached hydrogens (tertiary/aromatic N) is 3. The van der Waals surface area contributed by atoms with E-state index in [2.05, 4.69) is 26.3 Å². The lowest BCUT2D eigenvalue weighted by Crippen LogP contribution is -2.39. The van der Waals surface area contributed by atoms with E-state index < -0.39 is 0 Å². The minimum atomic E-state index is -0.205. The molecule has 1 aromatic heterocycles. The molecule has 2 aromatic rings. The second-order valence-corrected chi connectivity index (χ2v) is 5.99. The van der Waals surface area contributed by atoms with Gasteiger partial charge in [-0.25, -0.2) is 4.79 Å². The smallest absolute Gasteiger partial charge is 0.323 e. The summed E-state index contributed by atoms with van der Waals surface area (Å²) < 4.78 is 7.58. The van der Waals surface area contributed by atoms with Crippen molar-refractivity contribution in [2.45, 2.75) is 13.0 Å². The van der Waals surface area contributed by atoms with Crippen molar-refractivity contribution >= 4 is 27.8 Å². The lowest BCUT2D eigenvalue weighted by atomic mass is 10.1. The topological polar surface area (TPSA) is 59.4 Å². The molecule has 1 unspecified atom stereocenters. The first kappa shape index (κ1) is 17.5. The van der Waals surface area contributed by atoms with E-state index in [0.29, 0.717) is 19.0 Å². The van der Waals surface area contributed by atoms with Crippen molar-refractivity contribution in [1.82, 2.24) is 14.7 Å².